The maximum Gasteiger partial charge on any atom is 0.332 e. The Morgan fingerprint density at radius 2 is 1.98 bits per heavy atom. The number of nitrogens with two attached hydrogens (primary N) is 1. The molecular formula is C30H38N8O4S. The number of thiazole rings is 1. The lowest BCUT2D eigenvalue weighted by Crippen LogP contribution is -2.66. The average molecular weight is 607 g/mol. The number of benzene rings is 2. The zero-order valence-corrected chi connectivity index (χ0v) is 25.5. The van der Waals surface area contributed by atoms with Gasteiger partial charge in [0.05, 0.1) is 23.3 Å². The van der Waals surface area contributed by atoms with Gasteiger partial charge in [-0.05, 0) is 49.6 Å². The van der Waals surface area contributed by atoms with E-state index in [1.807, 2.05) is 44.2 Å². The molecule has 3 aromatic rings. The summed E-state index contributed by atoms with van der Waals surface area (Å²) in [6.45, 7) is 6.93. The number of urea groups is 1. The third-order valence-corrected chi connectivity index (χ3v) is 8.69. The highest BCUT2D eigenvalue weighted by Crippen LogP contribution is 2.33. The molecule has 0 bridgehead atoms. The van der Waals surface area contributed by atoms with Gasteiger partial charge in [-0.25, -0.2) is 9.78 Å². The predicted molar refractivity (Wildman–Crippen MR) is 166 cm³/mol. The molecule has 13 heteroatoms. The topological polar surface area (TPSA) is 144 Å². The molecular weight excluding hydrogens is 568 g/mol. The molecule has 0 aliphatic carbocycles. The summed E-state index contributed by atoms with van der Waals surface area (Å²) >= 11 is 1.39. The van der Waals surface area contributed by atoms with E-state index in [1.54, 1.807) is 32.0 Å². The van der Waals surface area contributed by atoms with Crippen LogP contribution in [0.1, 0.15) is 44.7 Å². The highest BCUT2D eigenvalue weighted by Gasteiger charge is 2.52. The molecule has 1 aromatic heterocycles. The van der Waals surface area contributed by atoms with E-state index in [1.165, 1.54) is 11.3 Å². The van der Waals surface area contributed by atoms with Crippen LogP contribution < -0.4 is 16.4 Å². The number of unbranched alkanes of at least 4 members (excludes halogenated alkanes) is 1. The molecule has 2 aliphatic rings. The smallest absolute Gasteiger partial charge is 0.332 e. The van der Waals surface area contributed by atoms with Crippen molar-refractivity contribution in [3.8, 4) is 0 Å². The minimum absolute atomic E-state index is 0.0118. The van der Waals surface area contributed by atoms with E-state index in [0.29, 0.717) is 23.8 Å². The largest absolute Gasteiger partial charge is 0.375 e. The summed E-state index contributed by atoms with van der Waals surface area (Å²) in [5.41, 5.74) is 9.10. The SMILES string of the molecule is CCCCNC(=O)N(C(C)C)N1CC(=O)N2[C@@H](Cc3ccc(NC=O)cc3)C(=O)N(Cc3cccc4sc(N)nc34)C[C@@H]21. The molecule has 5 rings (SSSR count). The highest BCUT2D eigenvalue weighted by molar-refractivity contribution is 7.22. The Hall–Kier alpha value is -4.23. The zero-order valence-electron chi connectivity index (χ0n) is 24.7. The molecule has 2 atom stereocenters. The molecule has 2 fully saturated rings. The number of nitrogen functional groups attached to an aromatic ring is 1. The minimum atomic E-state index is -0.780. The van der Waals surface area contributed by atoms with Gasteiger partial charge in [0.2, 0.25) is 18.2 Å². The Bertz CT molecular complexity index is 1490. The fourth-order valence-corrected chi connectivity index (χ4v) is 6.63. The molecule has 2 aliphatic heterocycles. The lowest BCUT2D eigenvalue weighted by molar-refractivity contribution is -0.158. The number of hydrazine groups is 1. The van der Waals surface area contributed by atoms with Crippen molar-refractivity contribution in [2.24, 2.45) is 0 Å². The number of fused-ring (bicyclic) bond motifs is 2. The van der Waals surface area contributed by atoms with Crippen molar-refractivity contribution in [3.05, 3.63) is 53.6 Å². The second-order valence-electron chi connectivity index (χ2n) is 11.1. The van der Waals surface area contributed by atoms with E-state index in [2.05, 4.69) is 22.5 Å². The third kappa shape index (κ3) is 6.27. The Morgan fingerprint density at radius 3 is 2.67 bits per heavy atom. The first kappa shape index (κ1) is 30.2. The number of hydrogen-bond acceptors (Lipinski definition) is 8. The van der Waals surface area contributed by atoms with Crippen molar-refractivity contribution in [1.29, 1.82) is 0 Å². The van der Waals surface area contributed by atoms with Crippen molar-refractivity contribution in [2.45, 2.75) is 64.8 Å². The number of amides is 5. The van der Waals surface area contributed by atoms with Crippen LogP contribution in [-0.2, 0) is 27.3 Å². The van der Waals surface area contributed by atoms with E-state index < -0.39 is 12.2 Å². The van der Waals surface area contributed by atoms with Crippen LogP contribution in [0.3, 0.4) is 0 Å². The van der Waals surface area contributed by atoms with Crippen molar-refractivity contribution in [2.75, 3.05) is 30.7 Å². The summed E-state index contributed by atoms with van der Waals surface area (Å²) in [5.74, 6) is -0.381. The monoisotopic (exact) mass is 606 g/mol. The minimum Gasteiger partial charge on any atom is -0.375 e. The van der Waals surface area contributed by atoms with Gasteiger partial charge in [0.25, 0.3) is 0 Å². The molecule has 3 heterocycles. The maximum absolute atomic E-state index is 14.2. The van der Waals surface area contributed by atoms with Crippen LogP contribution in [-0.4, -0.2) is 86.9 Å². The normalized spacial score (nSPS) is 18.8. The van der Waals surface area contributed by atoms with E-state index >= 15 is 0 Å². The number of hydrogen-bond donors (Lipinski definition) is 3. The van der Waals surface area contributed by atoms with Crippen LogP contribution in [0, 0.1) is 0 Å². The van der Waals surface area contributed by atoms with E-state index in [4.69, 9.17) is 5.73 Å². The van der Waals surface area contributed by atoms with Gasteiger partial charge >= 0.3 is 6.03 Å². The molecule has 228 valence electrons. The molecule has 43 heavy (non-hydrogen) atoms. The maximum atomic E-state index is 14.2. The van der Waals surface area contributed by atoms with Gasteiger partial charge in [-0.3, -0.25) is 19.4 Å². The molecule has 2 saturated heterocycles. The van der Waals surface area contributed by atoms with Gasteiger partial charge in [0, 0.05) is 31.2 Å². The first-order valence-corrected chi connectivity index (χ1v) is 15.4. The van der Waals surface area contributed by atoms with Crippen molar-refractivity contribution in [3.63, 3.8) is 0 Å². The van der Waals surface area contributed by atoms with Crippen molar-refractivity contribution < 1.29 is 19.2 Å². The molecule has 0 unspecified atom stereocenters. The number of carbonyl (C=O) groups excluding carboxylic acids is 4. The van der Waals surface area contributed by atoms with Gasteiger partial charge in [-0.2, -0.15) is 5.01 Å². The number of piperazine rings is 1. The third-order valence-electron chi connectivity index (χ3n) is 7.84. The van der Waals surface area contributed by atoms with Crippen LogP contribution >= 0.6 is 11.3 Å². The van der Waals surface area contributed by atoms with Crippen LogP contribution in [0.4, 0.5) is 15.6 Å². The fraction of sp³-hybridized carbons (Fsp3) is 0.433. The summed E-state index contributed by atoms with van der Waals surface area (Å²) in [6.07, 6.45) is 2.15. The lowest BCUT2D eigenvalue weighted by Gasteiger charge is -2.47. The van der Waals surface area contributed by atoms with Gasteiger partial charge in [-0.1, -0.05) is 48.9 Å². The lowest BCUT2D eigenvalue weighted by atomic mass is 9.99. The van der Waals surface area contributed by atoms with Crippen LogP contribution in [0.5, 0.6) is 0 Å². The number of rotatable bonds is 11. The van der Waals surface area contributed by atoms with E-state index in [0.717, 1.165) is 34.2 Å². The molecule has 0 radical (unpaired) electrons. The first-order valence-electron chi connectivity index (χ1n) is 14.6. The van der Waals surface area contributed by atoms with Crippen molar-refractivity contribution >= 4 is 56.6 Å². The standard InChI is InChI=1S/C30H38N8O4S/c1-4-5-13-32-30(42)38(19(2)3)36-17-26(40)37-23(14-20-9-11-22(12-10-20)33-18-39)28(41)35(16-25(36)37)15-21-7-6-8-24-27(21)34-29(31)43-24/h6-12,18-19,23,25H,4-5,13-17H2,1-3H3,(H2,31,34)(H,32,42)(H,33,39)/t23-,25+/m0/s1. The Morgan fingerprint density at radius 1 is 1.21 bits per heavy atom. The first-order chi connectivity index (χ1) is 20.7. The predicted octanol–water partition coefficient (Wildman–Crippen LogP) is 3.01. The Balaban J connectivity index is 1.49. The Kier molecular flexibility index (Phi) is 9.11. The zero-order chi connectivity index (χ0) is 30.7. The van der Waals surface area contributed by atoms with Gasteiger partial charge in [0.15, 0.2) is 5.13 Å². The summed E-state index contributed by atoms with van der Waals surface area (Å²) in [6, 6.07) is 11.8. The fourth-order valence-electron chi connectivity index (χ4n) is 5.85. The molecule has 2 aromatic carbocycles. The summed E-state index contributed by atoms with van der Waals surface area (Å²) in [7, 11) is 0. The highest BCUT2D eigenvalue weighted by atomic mass is 32.1. The van der Waals surface area contributed by atoms with E-state index in [9.17, 15) is 19.2 Å². The molecule has 4 N–H and O–H groups in total. The second-order valence-corrected chi connectivity index (χ2v) is 12.2. The average Bonchev–Trinajstić information content (AvgIpc) is 3.51. The summed E-state index contributed by atoms with van der Waals surface area (Å²) < 4.78 is 0.939. The number of nitrogens with zero attached hydrogens (tertiary/aromatic N) is 5. The van der Waals surface area contributed by atoms with Crippen molar-refractivity contribution in [1.82, 2.24) is 30.1 Å². The molecule has 0 saturated carbocycles. The summed E-state index contributed by atoms with van der Waals surface area (Å²) in [5, 5.41) is 9.48. The number of aromatic nitrogens is 1. The van der Waals surface area contributed by atoms with Gasteiger partial charge in [0.1, 0.15) is 12.2 Å². The van der Waals surface area contributed by atoms with Gasteiger partial charge < -0.3 is 26.2 Å². The second kappa shape index (κ2) is 13.0. The van der Waals surface area contributed by atoms with Gasteiger partial charge in [-0.15, -0.1) is 0 Å². The number of carbonyl (C=O) groups is 4. The molecule has 12 nitrogen and oxygen atoms in total. The number of anilines is 2. The Labute approximate surface area is 254 Å². The number of para-hydroxylation sites is 1. The number of nitrogens with one attached hydrogen (secondary N) is 2. The summed E-state index contributed by atoms with van der Waals surface area (Å²) in [4.78, 5) is 60.0. The molecule has 0 spiro atoms. The molecule has 5 amide bonds. The van der Waals surface area contributed by atoms with E-state index in [-0.39, 0.29) is 49.9 Å². The van der Waals surface area contributed by atoms with Crippen LogP contribution in [0.2, 0.25) is 0 Å². The van der Waals surface area contributed by atoms with Crippen LogP contribution in [0.15, 0.2) is 42.5 Å². The van der Waals surface area contributed by atoms with Crippen LogP contribution in [0.25, 0.3) is 10.2 Å². The quantitative estimate of drug-likeness (QED) is 0.225.